The molecule has 2 aliphatic carbocycles. The van der Waals surface area contributed by atoms with E-state index in [1.807, 2.05) is 11.1 Å². The van der Waals surface area contributed by atoms with Gasteiger partial charge in [0.25, 0.3) is 0 Å². The lowest BCUT2D eigenvalue weighted by Gasteiger charge is -2.36. The van der Waals surface area contributed by atoms with Crippen LogP contribution in [0, 0.1) is 11.3 Å². The van der Waals surface area contributed by atoms with E-state index in [2.05, 4.69) is 22.5 Å². The van der Waals surface area contributed by atoms with Gasteiger partial charge in [-0.25, -0.2) is 4.98 Å². The Hall–Kier alpha value is -2.22. The molecule has 2 aliphatic heterocycles. The third-order valence-electron chi connectivity index (χ3n) is 7.64. The summed E-state index contributed by atoms with van der Waals surface area (Å²) in [6, 6.07) is 0.349. The SMILES string of the molecule is CCC(CCCCO)Nc1ncc2c(n1)N(C1CCCC1)C(=O)[C@]13C(=O)NCC1C23. The van der Waals surface area contributed by atoms with E-state index in [0.29, 0.717) is 18.3 Å². The minimum atomic E-state index is -0.913. The molecule has 2 saturated carbocycles. The van der Waals surface area contributed by atoms with Crippen LogP contribution in [0.15, 0.2) is 6.20 Å². The molecule has 3 fully saturated rings. The Morgan fingerprint density at radius 1 is 1.33 bits per heavy atom. The van der Waals surface area contributed by atoms with Crippen LogP contribution >= 0.6 is 0 Å². The predicted molar refractivity (Wildman–Crippen MR) is 112 cm³/mol. The summed E-state index contributed by atoms with van der Waals surface area (Å²) in [6.45, 7) is 2.90. The van der Waals surface area contributed by atoms with E-state index in [1.54, 1.807) is 0 Å². The van der Waals surface area contributed by atoms with Crippen LogP contribution < -0.4 is 15.5 Å². The number of piperidine rings is 1. The Labute approximate surface area is 176 Å². The fraction of sp³-hybridized carbons (Fsp3) is 0.727. The van der Waals surface area contributed by atoms with Crippen molar-refractivity contribution in [2.45, 2.75) is 76.3 Å². The van der Waals surface area contributed by atoms with Gasteiger partial charge in [0, 0.05) is 48.8 Å². The van der Waals surface area contributed by atoms with Crippen LogP contribution in [0.3, 0.4) is 0 Å². The van der Waals surface area contributed by atoms with Crippen LogP contribution in [0.5, 0.6) is 0 Å². The van der Waals surface area contributed by atoms with Gasteiger partial charge in [-0.15, -0.1) is 0 Å². The average Bonchev–Trinajstić information content (AvgIpc) is 3.02. The number of nitrogens with one attached hydrogen (secondary N) is 2. The average molecular weight is 414 g/mol. The van der Waals surface area contributed by atoms with Crippen LogP contribution in [0.2, 0.25) is 0 Å². The molecule has 3 unspecified atom stereocenters. The predicted octanol–water partition coefficient (Wildman–Crippen LogP) is 1.95. The number of hydrogen-bond acceptors (Lipinski definition) is 6. The highest BCUT2D eigenvalue weighted by Gasteiger charge is 2.81. The molecular weight excluding hydrogens is 382 g/mol. The molecule has 162 valence electrons. The van der Waals surface area contributed by atoms with Crippen molar-refractivity contribution in [3.05, 3.63) is 11.8 Å². The zero-order chi connectivity index (χ0) is 20.9. The Balaban J connectivity index is 1.47. The van der Waals surface area contributed by atoms with Crippen LogP contribution in [-0.4, -0.2) is 52.1 Å². The largest absolute Gasteiger partial charge is 0.396 e. The topological polar surface area (TPSA) is 107 Å². The van der Waals surface area contributed by atoms with Crippen molar-refractivity contribution in [2.24, 2.45) is 11.3 Å². The number of hydrogen-bond donors (Lipinski definition) is 3. The summed E-state index contributed by atoms with van der Waals surface area (Å²) in [5.41, 5.74) is 0.0460. The number of carbonyl (C=O) groups is 2. The second-order valence-corrected chi connectivity index (χ2v) is 9.22. The first-order chi connectivity index (χ1) is 14.6. The van der Waals surface area contributed by atoms with Gasteiger partial charge >= 0.3 is 0 Å². The van der Waals surface area contributed by atoms with Crippen molar-refractivity contribution >= 4 is 23.6 Å². The normalized spacial score (nSPS) is 30.5. The number of fused-ring (bicyclic) bond motifs is 3. The second kappa shape index (κ2) is 7.48. The number of unbranched alkanes of at least 4 members (excludes halogenated alkanes) is 1. The Kier molecular flexibility index (Phi) is 4.92. The first-order valence-corrected chi connectivity index (χ1v) is 11.5. The summed E-state index contributed by atoms with van der Waals surface area (Å²) in [5, 5.41) is 15.4. The number of amides is 2. The van der Waals surface area contributed by atoms with Crippen molar-refractivity contribution < 1.29 is 14.7 Å². The number of anilines is 2. The summed E-state index contributed by atoms with van der Waals surface area (Å²) < 4.78 is 0. The zero-order valence-electron chi connectivity index (χ0n) is 17.6. The third kappa shape index (κ3) is 2.76. The highest BCUT2D eigenvalue weighted by atomic mass is 16.3. The van der Waals surface area contributed by atoms with E-state index < -0.39 is 5.41 Å². The van der Waals surface area contributed by atoms with Crippen molar-refractivity contribution in [1.29, 1.82) is 0 Å². The molecule has 4 aliphatic rings. The van der Waals surface area contributed by atoms with E-state index in [1.165, 1.54) is 0 Å². The zero-order valence-corrected chi connectivity index (χ0v) is 17.6. The van der Waals surface area contributed by atoms with Crippen molar-refractivity contribution in [2.75, 3.05) is 23.4 Å². The summed E-state index contributed by atoms with van der Waals surface area (Å²) in [5.74, 6) is 1.05. The van der Waals surface area contributed by atoms with Gasteiger partial charge in [-0.1, -0.05) is 19.8 Å². The van der Waals surface area contributed by atoms with Gasteiger partial charge in [-0.3, -0.25) is 14.5 Å². The molecule has 1 aromatic heterocycles. The smallest absolute Gasteiger partial charge is 0.245 e. The summed E-state index contributed by atoms with van der Waals surface area (Å²) >= 11 is 0. The second-order valence-electron chi connectivity index (χ2n) is 9.22. The molecular formula is C22H31N5O3. The summed E-state index contributed by atoms with van der Waals surface area (Å²) in [7, 11) is 0. The fourth-order valence-electron chi connectivity index (χ4n) is 5.97. The van der Waals surface area contributed by atoms with Crippen LogP contribution in [0.25, 0.3) is 0 Å². The lowest BCUT2D eigenvalue weighted by molar-refractivity contribution is -0.135. The van der Waals surface area contributed by atoms with Gasteiger partial charge in [0.1, 0.15) is 11.2 Å². The first-order valence-electron chi connectivity index (χ1n) is 11.5. The molecule has 1 aromatic rings. The monoisotopic (exact) mass is 413 g/mol. The molecule has 3 N–H and O–H groups in total. The Morgan fingerprint density at radius 2 is 2.13 bits per heavy atom. The molecule has 8 heteroatoms. The highest BCUT2D eigenvalue weighted by molar-refractivity contribution is 6.19. The third-order valence-corrected chi connectivity index (χ3v) is 7.64. The molecule has 2 amide bonds. The molecule has 5 rings (SSSR count). The molecule has 4 atom stereocenters. The highest BCUT2D eigenvalue weighted by Crippen LogP contribution is 2.71. The van der Waals surface area contributed by atoms with Gasteiger partial charge in [0.2, 0.25) is 17.8 Å². The van der Waals surface area contributed by atoms with Crippen molar-refractivity contribution in [1.82, 2.24) is 15.3 Å². The van der Waals surface area contributed by atoms with E-state index in [4.69, 9.17) is 10.1 Å². The maximum Gasteiger partial charge on any atom is 0.245 e. The minimum Gasteiger partial charge on any atom is -0.396 e. The number of aliphatic hydroxyl groups excluding tert-OH is 1. The van der Waals surface area contributed by atoms with E-state index in [0.717, 1.165) is 56.9 Å². The summed E-state index contributed by atoms with van der Waals surface area (Å²) in [4.78, 5) is 37.6. The molecule has 3 heterocycles. The lowest BCUT2D eigenvalue weighted by Crippen LogP contribution is -2.51. The first kappa shape index (κ1) is 19.7. The molecule has 0 radical (unpaired) electrons. The maximum absolute atomic E-state index is 13.7. The molecule has 1 spiro atoms. The number of rotatable bonds is 8. The van der Waals surface area contributed by atoms with E-state index in [9.17, 15) is 9.59 Å². The number of carbonyl (C=O) groups excluding carboxylic acids is 2. The van der Waals surface area contributed by atoms with Crippen LogP contribution in [0.4, 0.5) is 11.8 Å². The maximum atomic E-state index is 13.7. The van der Waals surface area contributed by atoms with Crippen molar-refractivity contribution in [3.8, 4) is 0 Å². The molecule has 30 heavy (non-hydrogen) atoms. The number of aliphatic hydroxyl groups is 1. The number of nitrogens with zero attached hydrogens (tertiary/aromatic N) is 3. The van der Waals surface area contributed by atoms with Gasteiger partial charge in [0.15, 0.2) is 0 Å². The summed E-state index contributed by atoms with van der Waals surface area (Å²) in [6.07, 6.45) is 9.60. The molecule has 0 bridgehead atoms. The van der Waals surface area contributed by atoms with E-state index in [-0.39, 0.29) is 42.3 Å². The minimum absolute atomic E-state index is 0.0342. The van der Waals surface area contributed by atoms with Gasteiger partial charge in [-0.2, -0.15) is 4.98 Å². The molecule has 0 aromatic carbocycles. The molecule has 8 nitrogen and oxygen atoms in total. The standard InChI is InChI=1S/C22H31N5O3/c1-2-13(7-5-6-10-28)25-21-24-11-15-17-16-12-23-19(29)22(16,17)20(30)27(18(15)26-21)14-8-3-4-9-14/h11,13-14,16-17,28H,2-10,12H2,1H3,(H,23,29)(H,24,25,26)/t13?,16?,17?,22-/m1/s1. The van der Waals surface area contributed by atoms with E-state index >= 15 is 0 Å². The Morgan fingerprint density at radius 3 is 2.87 bits per heavy atom. The van der Waals surface area contributed by atoms with Gasteiger partial charge in [0.05, 0.1) is 0 Å². The lowest BCUT2D eigenvalue weighted by atomic mass is 9.92. The quantitative estimate of drug-likeness (QED) is 0.444. The van der Waals surface area contributed by atoms with Crippen LogP contribution in [0.1, 0.15) is 69.8 Å². The molecule has 1 saturated heterocycles. The fourth-order valence-corrected chi connectivity index (χ4v) is 5.97. The number of aromatic nitrogens is 2. The van der Waals surface area contributed by atoms with Crippen LogP contribution in [-0.2, 0) is 9.59 Å². The van der Waals surface area contributed by atoms with Crippen molar-refractivity contribution in [3.63, 3.8) is 0 Å². The Bertz CT molecular complexity index is 855. The van der Waals surface area contributed by atoms with Gasteiger partial charge < -0.3 is 15.7 Å². The van der Waals surface area contributed by atoms with Gasteiger partial charge in [-0.05, 0) is 38.5 Å².